The minimum Gasteiger partial charge on any atom is -0.465 e. The van der Waals surface area contributed by atoms with E-state index in [1.807, 2.05) is 20.8 Å². The highest BCUT2D eigenvalue weighted by atomic mass is 16.6. The van der Waals surface area contributed by atoms with Crippen molar-refractivity contribution in [3.05, 3.63) is 0 Å². The Kier molecular flexibility index (Phi) is 4.05. The summed E-state index contributed by atoms with van der Waals surface area (Å²) >= 11 is 0. The maximum atomic E-state index is 11.9. The second-order valence-corrected chi connectivity index (χ2v) is 5.21. The Hall–Kier alpha value is -1.10. The maximum absolute atomic E-state index is 11.9. The fourth-order valence-corrected chi connectivity index (χ4v) is 2.56. The summed E-state index contributed by atoms with van der Waals surface area (Å²) < 4.78 is 9.76. The van der Waals surface area contributed by atoms with Crippen LogP contribution in [0.2, 0.25) is 0 Å². The molecule has 5 heteroatoms. The standard InChI is InChI=1S/C13H22O5/c1-6-17-10(14)9(11(15)18-7-2)13(16)8(3)12(13,4)5/h8-9,16H,6-7H2,1-5H3. The third-order valence-electron chi connectivity index (χ3n) is 4.18. The molecule has 104 valence electrons. The van der Waals surface area contributed by atoms with Gasteiger partial charge in [0.2, 0.25) is 0 Å². The Morgan fingerprint density at radius 2 is 1.50 bits per heavy atom. The molecule has 0 saturated heterocycles. The molecule has 1 aliphatic carbocycles. The zero-order chi connectivity index (χ0) is 14.1. The first-order chi connectivity index (χ1) is 8.25. The molecule has 0 spiro atoms. The van der Waals surface area contributed by atoms with Crippen LogP contribution in [0.3, 0.4) is 0 Å². The summed E-state index contributed by atoms with van der Waals surface area (Å²) in [7, 11) is 0. The maximum Gasteiger partial charge on any atom is 0.323 e. The zero-order valence-electron chi connectivity index (χ0n) is 11.6. The van der Waals surface area contributed by atoms with Gasteiger partial charge in [0.25, 0.3) is 0 Å². The molecule has 1 fully saturated rings. The Morgan fingerprint density at radius 1 is 1.17 bits per heavy atom. The van der Waals surface area contributed by atoms with Gasteiger partial charge in [-0.25, -0.2) is 0 Å². The monoisotopic (exact) mass is 258 g/mol. The fraction of sp³-hybridized carbons (Fsp3) is 0.846. The summed E-state index contributed by atoms with van der Waals surface area (Å²) in [4.78, 5) is 23.8. The average Bonchev–Trinajstić information content (AvgIpc) is 2.64. The van der Waals surface area contributed by atoms with Crippen LogP contribution >= 0.6 is 0 Å². The molecule has 0 aliphatic heterocycles. The SMILES string of the molecule is CCOC(=O)C(C(=O)OCC)C1(O)C(C)C1(C)C. The molecule has 1 saturated carbocycles. The number of hydrogen-bond acceptors (Lipinski definition) is 5. The number of ether oxygens (including phenoxy) is 2. The second kappa shape index (κ2) is 4.88. The van der Waals surface area contributed by atoms with Gasteiger partial charge in [0.1, 0.15) is 0 Å². The van der Waals surface area contributed by atoms with Crippen LogP contribution < -0.4 is 0 Å². The number of carbonyl (C=O) groups is 2. The second-order valence-electron chi connectivity index (χ2n) is 5.21. The first kappa shape index (κ1) is 15.0. The highest BCUT2D eigenvalue weighted by Crippen LogP contribution is 2.65. The topological polar surface area (TPSA) is 72.8 Å². The first-order valence-electron chi connectivity index (χ1n) is 6.30. The predicted molar refractivity (Wildman–Crippen MR) is 64.7 cm³/mol. The van der Waals surface area contributed by atoms with Crippen molar-refractivity contribution in [3.63, 3.8) is 0 Å². The Bertz CT molecular complexity index is 331. The summed E-state index contributed by atoms with van der Waals surface area (Å²) in [6.45, 7) is 9.11. The van der Waals surface area contributed by atoms with Crippen LogP contribution in [-0.2, 0) is 19.1 Å². The quantitative estimate of drug-likeness (QED) is 0.591. The predicted octanol–water partition coefficient (Wildman–Crippen LogP) is 1.14. The molecule has 2 atom stereocenters. The van der Waals surface area contributed by atoms with E-state index in [0.29, 0.717) is 0 Å². The molecule has 0 aromatic heterocycles. The molecule has 1 rings (SSSR count). The lowest BCUT2D eigenvalue weighted by Crippen LogP contribution is -2.42. The Morgan fingerprint density at radius 3 is 1.72 bits per heavy atom. The van der Waals surface area contributed by atoms with E-state index in [9.17, 15) is 14.7 Å². The molecule has 2 unspecified atom stereocenters. The van der Waals surface area contributed by atoms with Crippen LogP contribution in [0.5, 0.6) is 0 Å². The van der Waals surface area contributed by atoms with Gasteiger partial charge in [0.05, 0.1) is 18.8 Å². The van der Waals surface area contributed by atoms with Gasteiger partial charge in [0, 0.05) is 5.41 Å². The highest BCUT2D eigenvalue weighted by Gasteiger charge is 2.75. The summed E-state index contributed by atoms with van der Waals surface area (Å²) in [6.07, 6.45) is 0. The van der Waals surface area contributed by atoms with Crippen LogP contribution in [-0.4, -0.2) is 35.9 Å². The first-order valence-corrected chi connectivity index (χ1v) is 6.30. The Labute approximate surface area is 107 Å². The molecular weight excluding hydrogens is 236 g/mol. The molecule has 1 N–H and O–H groups in total. The van der Waals surface area contributed by atoms with E-state index in [1.54, 1.807) is 13.8 Å². The lowest BCUT2D eigenvalue weighted by Gasteiger charge is -2.22. The third-order valence-corrected chi connectivity index (χ3v) is 4.18. The van der Waals surface area contributed by atoms with Crippen molar-refractivity contribution in [1.82, 2.24) is 0 Å². The minimum atomic E-state index is -1.38. The molecular formula is C13H22O5. The van der Waals surface area contributed by atoms with Gasteiger partial charge in [-0.05, 0) is 19.8 Å². The van der Waals surface area contributed by atoms with E-state index in [-0.39, 0.29) is 19.1 Å². The van der Waals surface area contributed by atoms with Gasteiger partial charge in [0.15, 0.2) is 5.92 Å². The number of aliphatic hydroxyl groups is 1. The van der Waals surface area contributed by atoms with Crippen molar-refractivity contribution < 1.29 is 24.2 Å². The molecule has 0 heterocycles. The lowest BCUT2D eigenvalue weighted by atomic mass is 9.93. The van der Waals surface area contributed by atoms with Crippen molar-refractivity contribution >= 4 is 11.9 Å². The van der Waals surface area contributed by atoms with Crippen LogP contribution in [0.15, 0.2) is 0 Å². The molecule has 5 nitrogen and oxygen atoms in total. The summed E-state index contributed by atoms with van der Waals surface area (Å²) in [6, 6.07) is 0. The van der Waals surface area contributed by atoms with Gasteiger partial charge in [-0.3, -0.25) is 9.59 Å². The van der Waals surface area contributed by atoms with Crippen LogP contribution in [0, 0.1) is 17.3 Å². The molecule has 0 radical (unpaired) electrons. The largest absolute Gasteiger partial charge is 0.465 e. The van der Waals surface area contributed by atoms with E-state index >= 15 is 0 Å². The summed E-state index contributed by atoms with van der Waals surface area (Å²) in [5, 5.41) is 10.6. The molecule has 0 bridgehead atoms. The van der Waals surface area contributed by atoms with E-state index in [1.165, 1.54) is 0 Å². The van der Waals surface area contributed by atoms with Crippen molar-refractivity contribution in [3.8, 4) is 0 Å². The van der Waals surface area contributed by atoms with Crippen molar-refractivity contribution in [2.45, 2.75) is 40.2 Å². The van der Waals surface area contributed by atoms with Crippen LogP contribution in [0.25, 0.3) is 0 Å². The molecule has 0 aromatic rings. The van der Waals surface area contributed by atoms with Gasteiger partial charge in [-0.1, -0.05) is 20.8 Å². The van der Waals surface area contributed by atoms with Gasteiger partial charge >= 0.3 is 11.9 Å². The smallest absolute Gasteiger partial charge is 0.323 e. The lowest BCUT2D eigenvalue weighted by molar-refractivity contribution is -0.170. The van der Waals surface area contributed by atoms with Crippen molar-refractivity contribution in [1.29, 1.82) is 0 Å². The molecule has 0 amide bonds. The normalized spacial score (nSPS) is 28.9. The number of rotatable bonds is 5. The summed E-state index contributed by atoms with van der Waals surface area (Å²) in [5.74, 6) is -2.85. The Balaban J connectivity index is 3.00. The molecule has 0 aromatic carbocycles. The number of esters is 2. The fourth-order valence-electron chi connectivity index (χ4n) is 2.56. The number of carbonyl (C=O) groups excluding carboxylic acids is 2. The number of hydrogen-bond donors (Lipinski definition) is 1. The van der Waals surface area contributed by atoms with Gasteiger partial charge < -0.3 is 14.6 Å². The van der Waals surface area contributed by atoms with E-state index < -0.39 is 28.9 Å². The van der Waals surface area contributed by atoms with Crippen LogP contribution in [0.1, 0.15) is 34.6 Å². The molecule has 18 heavy (non-hydrogen) atoms. The van der Waals surface area contributed by atoms with E-state index in [4.69, 9.17) is 9.47 Å². The van der Waals surface area contributed by atoms with Crippen molar-refractivity contribution in [2.24, 2.45) is 17.3 Å². The molecule has 1 aliphatic rings. The van der Waals surface area contributed by atoms with Crippen LogP contribution in [0.4, 0.5) is 0 Å². The minimum absolute atomic E-state index is 0.163. The zero-order valence-corrected chi connectivity index (χ0v) is 11.6. The van der Waals surface area contributed by atoms with Gasteiger partial charge in [-0.2, -0.15) is 0 Å². The highest BCUT2D eigenvalue weighted by molar-refractivity contribution is 5.97. The van der Waals surface area contributed by atoms with E-state index in [0.717, 1.165) is 0 Å². The summed E-state index contributed by atoms with van der Waals surface area (Å²) in [5.41, 5.74) is -1.89. The third kappa shape index (κ3) is 2.00. The van der Waals surface area contributed by atoms with Crippen molar-refractivity contribution in [2.75, 3.05) is 13.2 Å². The van der Waals surface area contributed by atoms with Gasteiger partial charge in [-0.15, -0.1) is 0 Å². The van der Waals surface area contributed by atoms with E-state index in [2.05, 4.69) is 0 Å². The average molecular weight is 258 g/mol.